The number of nitrogens with one attached hydrogen (secondary N) is 1. The number of nitrogens with zero attached hydrogens (tertiary/aromatic N) is 6. The van der Waals surface area contributed by atoms with Crippen LogP contribution in [-0.4, -0.2) is 35.4 Å². The monoisotopic (exact) mass is 356 g/mol. The molecule has 0 amide bonds. The Kier molecular flexibility index (Phi) is 3.80. The maximum atomic E-state index is 13.4. The number of aryl methyl sites for hydroxylation is 1. The fourth-order valence-corrected chi connectivity index (χ4v) is 3.38. The number of aromatic amines is 1. The van der Waals surface area contributed by atoms with Crippen molar-refractivity contribution in [2.24, 2.45) is 0 Å². The summed E-state index contributed by atoms with van der Waals surface area (Å²) in [6, 6.07) is 7.90. The van der Waals surface area contributed by atoms with Crippen LogP contribution in [0.1, 0.15) is 11.4 Å². The van der Waals surface area contributed by atoms with E-state index in [0.29, 0.717) is 28.4 Å². The summed E-state index contributed by atoms with van der Waals surface area (Å²) in [6.45, 7) is 1.87. The molecule has 0 bridgehead atoms. The third-order valence-corrected chi connectivity index (χ3v) is 4.60. The van der Waals surface area contributed by atoms with Crippen molar-refractivity contribution in [3.8, 4) is 5.69 Å². The number of anilines is 1. The molecule has 0 aliphatic heterocycles. The molecule has 4 aromatic rings. The Morgan fingerprint density at radius 2 is 2.12 bits per heavy atom. The highest BCUT2D eigenvalue weighted by Crippen LogP contribution is 2.29. The second-order valence-electron chi connectivity index (χ2n) is 5.33. The molecule has 0 saturated heterocycles. The van der Waals surface area contributed by atoms with Gasteiger partial charge in [0, 0.05) is 16.7 Å². The number of hydrogen-bond acceptors (Lipinski definition) is 7. The van der Waals surface area contributed by atoms with Gasteiger partial charge in [0.1, 0.15) is 17.2 Å². The van der Waals surface area contributed by atoms with Crippen LogP contribution in [0.15, 0.2) is 35.2 Å². The summed E-state index contributed by atoms with van der Waals surface area (Å²) < 4.78 is 13.4. The van der Waals surface area contributed by atoms with Gasteiger partial charge in [0.2, 0.25) is 5.65 Å². The summed E-state index contributed by atoms with van der Waals surface area (Å²) in [7, 11) is 0. The van der Waals surface area contributed by atoms with E-state index in [4.69, 9.17) is 5.73 Å². The molecule has 25 heavy (non-hydrogen) atoms. The van der Waals surface area contributed by atoms with Gasteiger partial charge in [-0.05, 0) is 25.1 Å². The summed E-state index contributed by atoms with van der Waals surface area (Å²) in [4.78, 5) is 6.40. The van der Waals surface area contributed by atoms with Crippen molar-refractivity contribution in [1.82, 2.24) is 35.4 Å². The standard InChI is InChI=1S/C15H13FN8S/c1-8-11(22-24(21-8)10-4-2-3-9(16)5-10)7-25-12-6-13(17)18-15-14(12)19-23-20-15/h2-6H,7H2,1H3,(H3,17,18,19,20,23). The van der Waals surface area contributed by atoms with Crippen molar-refractivity contribution in [1.29, 1.82) is 0 Å². The predicted molar refractivity (Wildman–Crippen MR) is 91.7 cm³/mol. The van der Waals surface area contributed by atoms with Gasteiger partial charge in [-0.15, -0.1) is 16.9 Å². The van der Waals surface area contributed by atoms with E-state index in [0.717, 1.165) is 16.3 Å². The van der Waals surface area contributed by atoms with Crippen LogP contribution in [0.3, 0.4) is 0 Å². The van der Waals surface area contributed by atoms with Crippen LogP contribution in [0.4, 0.5) is 10.2 Å². The van der Waals surface area contributed by atoms with Crippen LogP contribution in [0.25, 0.3) is 16.9 Å². The topological polar surface area (TPSA) is 111 Å². The first-order chi connectivity index (χ1) is 12.1. The number of H-pyrrole nitrogens is 1. The molecule has 10 heteroatoms. The van der Waals surface area contributed by atoms with Crippen molar-refractivity contribution >= 4 is 28.7 Å². The van der Waals surface area contributed by atoms with Crippen LogP contribution in [-0.2, 0) is 5.75 Å². The number of benzene rings is 1. The van der Waals surface area contributed by atoms with Gasteiger partial charge in [-0.1, -0.05) is 6.07 Å². The first-order valence-electron chi connectivity index (χ1n) is 7.39. The quantitative estimate of drug-likeness (QED) is 0.539. The molecule has 3 N–H and O–H groups in total. The Morgan fingerprint density at radius 3 is 2.96 bits per heavy atom. The van der Waals surface area contributed by atoms with E-state index in [1.807, 2.05) is 6.92 Å². The molecule has 0 fully saturated rings. The van der Waals surface area contributed by atoms with E-state index in [2.05, 4.69) is 30.6 Å². The third-order valence-electron chi connectivity index (χ3n) is 3.56. The van der Waals surface area contributed by atoms with Crippen LogP contribution < -0.4 is 5.73 Å². The third kappa shape index (κ3) is 3.03. The van der Waals surface area contributed by atoms with Crippen molar-refractivity contribution in [2.75, 3.05) is 5.73 Å². The Balaban J connectivity index is 1.60. The minimum absolute atomic E-state index is 0.330. The molecule has 3 aromatic heterocycles. The second-order valence-corrected chi connectivity index (χ2v) is 6.35. The van der Waals surface area contributed by atoms with E-state index >= 15 is 0 Å². The summed E-state index contributed by atoms with van der Waals surface area (Å²) >= 11 is 1.52. The summed E-state index contributed by atoms with van der Waals surface area (Å²) in [5, 5.41) is 19.4. The summed E-state index contributed by atoms with van der Waals surface area (Å²) in [5.74, 6) is 0.611. The maximum Gasteiger partial charge on any atom is 0.204 e. The van der Waals surface area contributed by atoms with Crippen molar-refractivity contribution < 1.29 is 4.39 Å². The zero-order chi connectivity index (χ0) is 17.4. The van der Waals surface area contributed by atoms with Gasteiger partial charge >= 0.3 is 0 Å². The number of halogens is 1. The van der Waals surface area contributed by atoms with Gasteiger partial charge in [-0.2, -0.15) is 25.3 Å². The molecule has 0 unspecified atom stereocenters. The number of hydrogen-bond donors (Lipinski definition) is 2. The Labute approximate surface area is 145 Å². The number of thioether (sulfide) groups is 1. The molecule has 3 heterocycles. The van der Waals surface area contributed by atoms with Crippen molar-refractivity contribution in [2.45, 2.75) is 17.6 Å². The molecular weight excluding hydrogens is 343 g/mol. The van der Waals surface area contributed by atoms with E-state index in [1.54, 1.807) is 18.2 Å². The first-order valence-corrected chi connectivity index (χ1v) is 8.37. The number of nitrogens with two attached hydrogens (primary N) is 1. The lowest BCUT2D eigenvalue weighted by molar-refractivity contribution is 0.622. The smallest absolute Gasteiger partial charge is 0.204 e. The van der Waals surface area contributed by atoms with Gasteiger partial charge in [0.15, 0.2) is 0 Å². The zero-order valence-corrected chi connectivity index (χ0v) is 14.0. The Morgan fingerprint density at radius 1 is 1.24 bits per heavy atom. The second kappa shape index (κ2) is 6.13. The highest BCUT2D eigenvalue weighted by atomic mass is 32.2. The van der Waals surface area contributed by atoms with E-state index < -0.39 is 0 Å². The molecule has 0 radical (unpaired) electrons. The van der Waals surface area contributed by atoms with Crippen molar-refractivity contribution in [3.63, 3.8) is 0 Å². The first kappa shape index (κ1) is 15.5. The number of aromatic nitrogens is 7. The lowest BCUT2D eigenvalue weighted by atomic mass is 10.3. The number of pyridine rings is 1. The maximum absolute atomic E-state index is 13.4. The number of rotatable bonds is 4. The molecule has 0 saturated carbocycles. The zero-order valence-electron chi connectivity index (χ0n) is 13.1. The van der Waals surface area contributed by atoms with Crippen molar-refractivity contribution in [3.05, 3.63) is 47.5 Å². The molecule has 1 aromatic carbocycles. The highest BCUT2D eigenvalue weighted by molar-refractivity contribution is 7.98. The fourth-order valence-electron chi connectivity index (χ4n) is 2.34. The normalized spacial score (nSPS) is 11.3. The van der Waals surface area contributed by atoms with Crippen LogP contribution in [0.5, 0.6) is 0 Å². The SMILES string of the molecule is Cc1nn(-c2cccc(F)c2)nc1CSc1cc(N)nc2n[nH]nc12. The van der Waals surface area contributed by atoms with Gasteiger partial charge in [-0.3, -0.25) is 0 Å². The Bertz CT molecular complexity index is 1060. The van der Waals surface area contributed by atoms with Gasteiger partial charge < -0.3 is 5.73 Å². The summed E-state index contributed by atoms with van der Waals surface area (Å²) in [5.41, 5.74) is 9.08. The molecule has 4 rings (SSSR count). The van der Waals surface area contributed by atoms with Gasteiger partial charge in [-0.25, -0.2) is 9.37 Å². The molecule has 8 nitrogen and oxygen atoms in total. The van der Waals surface area contributed by atoms with Crippen LogP contribution >= 0.6 is 11.8 Å². The minimum atomic E-state index is -0.330. The lowest BCUT2D eigenvalue weighted by Gasteiger charge is -2.02. The fraction of sp³-hybridized carbons (Fsp3) is 0.133. The van der Waals surface area contributed by atoms with E-state index in [9.17, 15) is 4.39 Å². The number of nitrogen functional groups attached to an aromatic ring is 1. The molecular formula is C15H13FN8S. The summed E-state index contributed by atoms with van der Waals surface area (Å²) in [6.07, 6.45) is 0. The van der Waals surface area contributed by atoms with Crippen LogP contribution in [0, 0.1) is 12.7 Å². The van der Waals surface area contributed by atoms with Gasteiger partial charge in [0.05, 0.1) is 17.1 Å². The average molecular weight is 356 g/mol. The largest absolute Gasteiger partial charge is 0.384 e. The molecule has 0 aliphatic carbocycles. The average Bonchev–Trinajstić information content (AvgIpc) is 3.19. The minimum Gasteiger partial charge on any atom is -0.384 e. The molecule has 0 aliphatic rings. The lowest BCUT2D eigenvalue weighted by Crippen LogP contribution is -1.99. The highest BCUT2D eigenvalue weighted by Gasteiger charge is 2.13. The molecule has 0 spiro atoms. The van der Waals surface area contributed by atoms with E-state index in [1.165, 1.54) is 28.7 Å². The molecule has 0 atom stereocenters. The number of fused-ring (bicyclic) bond motifs is 1. The predicted octanol–water partition coefficient (Wildman–Crippen LogP) is 2.26. The Hall–Kier alpha value is -3.01. The van der Waals surface area contributed by atoms with Gasteiger partial charge in [0.25, 0.3) is 0 Å². The molecule has 126 valence electrons. The van der Waals surface area contributed by atoms with E-state index in [-0.39, 0.29) is 5.82 Å². The van der Waals surface area contributed by atoms with Crippen LogP contribution in [0.2, 0.25) is 0 Å².